The van der Waals surface area contributed by atoms with E-state index in [0.717, 1.165) is 34.1 Å². The largest absolute Gasteiger partial charge is 0.384 e. The first-order valence-corrected chi connectivity index (χ1v) is 16.2. The standard InChI is InChI=1S/C23H25F5N4O4S3/c1-22(2,34)20-10-16(6-8-29-20)12-32(23(37-3)7-9-38(35,36)15-23)21(33)14-31-13-17-11-18(4-5-19(17)30-31)39(24,25,26,27)28/h4-11,13,34H,12,14-15H2,1-3H3/t23-/m0/s1. The zero-order valence-electron chi connectivity index (χ0n) is 20.9. The molecule has 1 aliphatic heterocycles. The van der Waals surface area contributed by atoms with Gasteiger partial charge in [0.25, 0.3) is 0 Å². The SMILES string of the molecule is CS[C@@]1(N(Cc2ccnc(C(C)(C)O)c2)C(=O)Cn2cc3cc(S(F)(F)(F)(F)F)ccc3n2)C=CS(=O)(=O)C1. The van der Waals surface area contributed by atoms with Crippen LogP contribution < -0.4 is 0 Å². The number of pyridine rings is 1. The second-order valence-corrected chi connectivity index (χ2v) is 15.2. The minimum absolute atomic E-state index is 0.0353. The van der Waals surface area contributed by atoms with Crippen LogP contribution in [0.4, 0.5) is 19.4 Å². The number of benzene rings is 1. The first-order valence-electron chi connectivity index (χ1n) is 11.3. The van der Waals surface area contributed by atoms with Gasteiger partial charge in [0.1, 0.15) is 21.9 Å². The highest BCUT2D eigenvalue weighted by molar-refractivity contribution is 8.45. The highest BCUT2D eigenvalue weighted by atomic mass is 32.5. The minimum Gasteiger partial charge on any atom is -0.384 e. The second-order valence-electron chi connectivity index (χ2n) is 9.76. The third-order valence-corrected chi connectivity index (χ3v) is 10.0. The number of halogens is 5. The number of carbonyl (C=O) groups is 1. The summed E-state index contributed by atoms with van der Waals surface area (Å²) in [5, 5.41) is 15.2. The van der Waals surface area contributed by atoms with E-state index in [4.69, 9.17) is 0 Å². The van der Waals surface area contributed by atoms with Crippen molar-refractivity contribution >= 4 is 48.6 Å². The predicted molar refractivity (Wildman–Crippen MR) is 140 cm³/mol. The van der Waals surface area contributed by atoms with Crippen LogP contribution in [0.2, 0.25) is 0 Å². The van der Waals surface area contributed by atoms with Crippen molar-refractivity contribution in [2.45, 2.75) is 42.3 Å². The monoisotopic (exact) mass is 612 g/mol. The quantitative estimate of drug-likeness (QED) is 0.270. The molecule has 1 N–H and O–H groups in total. The third-order valence-electron chi connectivity index (χ3n) is 6.11. The van der Waals surface area contributed by atoms with E-state index in [1.807, 2.05) is 0 Å². The molecule has 0 spiro atoms. The van der Waals surface area contributed by atoms with E-state index in [2.05, 4.69) is 10.1 Å². The molecular formula is C23H25F5N4O4S3. The number of carbonyl (C=O) groups excluding carboxylic acids is 1. The molecule has 16 heteroatoms. The number of hydrogen-bond acceptors (Lipinski definition) is 7. The van der Waals surface area contributed by atoms with E-state index in [9.17, 15) is 37.7 Å². The molecule has 1 atom stereocenters. The van der Waals surface area contributed by atoms with Gasteiger partial charge in [-0.3, -0.25) is 14.5 Å². The maximum absolute atomic E-state index is 13.6. The number of sulfone groups is 1. The Labute approximate surface area is 225 Å². The van der Waals surface area contributed by atoms with Gasteiger partial charge < -0.3 is 10.0 Å². The lowest BCUT2D eigenvalue weighted by molar-refractivity contribution is -0.134. The Morgan fingerprint density at radius 3 is 2.46 bits per heavy atom. The first-order chi connectivity index (χ1) is 17.6. The Balaban J connectivity index is 1.71. The van der Waals surface area contributed by atoms with Gasteiger partial charge in [-0.2, -0.15) is 5.10 Å². The summed E-state index contributed by atoms with van der Waals surface area (Å²) < 4.78 is 92.0. The van der Waals surface area contributed by atoms with E-state index < -0.39 is 53.6 Å². The molecule has 0 saturated heterocycles. The van der Waals surface area contributed by atoms with Crippen LogP contribution in [0.5, 0.6) is 0 Å². The zero-order chi connectivity index (χ0) is 29.1. The summed E-state index contributed by atoms with van der Waals surface area (Å²) in [6.07, 6.45) is 5.51. The second kappa shape index (κ2) is 8.65. The highest BCUT2D eigenvalue weighted by Crippen LogP contribution is 3.02. The summed E-state index contributed by atoms with van der Waals surface area (Å²) in [7, 11) is -13.6. The number of amides is 1. The molecule has 1 aromatic carbocycles. The Morgan fingerprint density at radius 1 is 1.21 bits per heavy atom. The van der Waals surface area contributed by atoms with Gasteiger partial charge in [-0.25, -0.2) is 8.42 Å². The number of fused-ring (bicyclic) bond motifs is 1. The van der Waals surface area contributed by atoms with E-state index in [0.29, 0.717) is 11.3 Å². The smallest absolute Gasteiger partial charge is 0.310 e. The van der Waals surface area contributed by atoms with Crippen molar-refractivity contribution in [2.24, 2.45) is 0 Å². The van der Waals surface area contributed by atoms with Crippen molar-refractivity contribution in [3.05, 3.63) is 65.5 Å². The van der Waals surface area contributed by atoms with Crippen molar-refractivity contribution in [3.63, 3.8) is 0 Å². The van der Waals surface area contributed by atoms with Crippen LogP contribution in [0.3, 0.4) is 0 Å². The zero-order valence-corrected chi connectivity index (χ0v) is 23.3. The average Bonchev–Trinajstić information content (AvgIpc) is 3.34. The summed E-state index contributed by atoms with van der Waals surface area (Å²) in [5.74, 6) is -1.04. The number of nitrogens with zero attached hydrogens (tertiary/aromatic N) is 4. The van der Waals surface area contributed by atoms with Crippen LogP contribution in [0.15, 0.2) is 59.1 Å². The molecule has 4 rings (SSSR count). The fraction of sp³-hybridized carbons (Fsp3) is 0.348. The van der Waals surface area contributed by atoms with Crippen LogP contribution in [-0.4, -0.2) is 56.0 Å². The average molecular weight is 613 g/mol. The summed E-state index contributed by atoms with van der Waals surface area (Å²) in [5.41, 5.74) is -0.472. The van der Waals surface area contributed by atoms with Gasteiger partial charge in [-0.1, -0.05) is 19.4 Å². The molecule has 2 aromatic heterocycles. The van der Waals surface area contributed by atoms with E-state index >= 15 is 0 Å². The minimum atomic E-state index is -9.92. The van der Waals surface area contributed by atoms with Gasteiger partial charge in [0.05, 0.1) is 17.0 Å². The molecule has 1 aliphatic rings. The lowest BCUT2D eigenvalue weighted by Crippen LogP contribution is -2.50. The van der Waals surface area contributed by atoms with Crippen molar-refractivity contribution in [1.29, 1.82) is 0 Å². The molecule has 39 heavy (non-hydrogen) atoms. The lowest BCUT2D eigenvalue weighted by atomic mass is 10.0. The van der Waals surface area contributed by atoms with E-state index in [-0.39, 0.29) is 29.6 Å². The van der Waals surface area contributed by atoms with Crippen LogP contribution in [-0.2, 0) is 33.3 Å². The normalized spacial score (nSPS) is 21.1. The molecular weight excluding hydrogens is 587 g/mol. The topological polar surface area (TPSA) is 105 Å². The molecule has 0 radical (unpaired) electrons. The molecule has 0 unspecified atom stereocenters. The van der Waals surface area contributed by atoms with Crippen molar-refractivity contribution in [1.82, 2.24) is 19.7 Å². The van der Waals surface area contributed by atoms with Crippen LogP contribution in [0.1, 0.15) is 25.1 Å². The molecule has 0 aliphatic carbocycles. The van der Waals surface area contributed by atoms with Gasteiger partial charge in [-0.05, 0) is 62.1 Å². The van der Waals surface area contributed by atoms with Crippen LogP contribution in [0.25, 0.3) is 10.9 Å². The van der Waals surface area contributed by atoms with E-state index in [1.165, 1.54) is 31.0 Å². The van der Waals surface area contributed by atoms with Gasteiger partial charge in [0, 0.05) is 29.7 Å². The maximum atomic E-state index is 13.6. The first kappa shape index (κ1) is 29.3. The Morgan fingerprint density at radius 2 is 1.90 bits per heavy atom. The molecule has 3 heterocycles. The van der Waals surface area contributed by atoms with Crippen molar-refractivity contribution in [3.8, 4) is 0 Å². The Bertz CT molecular complexity index is 1600. The summed E-state index contributed by atoms with van der Waals surface area (Å²) in [4.78, 5) is 15.7. The number of thioether (sulfide) groups is 1. The molecule has 0 bridgehead atoms. The summed E-state index contributed by atoms with van der Waals surface area (Å²) in [6.45, 7) is 2.45. The number of rotatable bonds is 8. The van der Waals surface area contributed by atoms with Crippen LogP contribution in [0, 0.1) is 0 Å². The maximum Gasteiger partial charge on any atom is 0.310 e. The fourth-order valence-electron chi connectivity index (χ4n) is 4.12. The highest BCUT2D eigenvalue weighted by Gasteiger charge is 2.65. The third kappa shape index (κ3) is 6.39. The molecule has 0 saturated carbocycles. The van der Waals surface area contributed by atoms with Crippen molar-refractivity contribution in [2.75, 3.05) is 12.0 Å². The molecule has 0 fully saturated rings. The molecule has 8 nitrogen and oxygen atoms in total. The fourth-order valence-corrected chi connectivity index (χ4v) is 7.80. The Kier molecular flexibility index (Phi) is 6.50. The molecule has 214 valence electrons. The summed E-state index contributed by atoms with van der Waals surface area (Å²) in [6, 6.07) is 4.50. The van der Waals surface area contributed by atoms with Gasteiger partial charge >= 0.3 is 10.2 Å². The van der Waals surface area contributed by atoms with Crippen LogP contribution >= 0.6 is 22.0 Å². The number of hydrogen-bond donors (Lipinski definition) is 1. The number of aromatic nitrogens is 3. The van der Waals surface area contributed by atoms with E-state index in [1.54, 1.807) is 18.4 Å². The lowest BCUT2D eigenvalue weighted by Gasteiger charge is -2.40. The molecule has 1 amide bonds. The predicted octanol–water partition coefficient (Wildman–Crippen LogP) is 5.35. The summed E-state index contributed by atoms with van der Waals surface area (Å²) >= 11 is 1.11. The number of aliphatic hydroxyl groups is 1. The van der Waals surface area contributed by atoms with Gasteiger partial charge in [0.15, 0.2) is 9.84 Å². The van der Waals surface area contributed by atoms with Crippen molar-refractivity contribution < 1.29 is 37.7 Å². The molecule has 3 aromatic rings. The van der Waals surface area contributed by atoms with Gasteiger partial charge in [-0.15, -0.1) is 11.8 Å². The Hall–Kier alpha value is -2.69. The van der Waals surface area contributed by atoms with Gasteiger partial charge in [0.2, 0.25) is 5.91 Å².